The minimum Gasteiger partial charge on any atom is -0.330 e. The quantitative estimate of drug-likeness (QED) is 0.940. The van der Waals surface area contributed by atoms with Gasteiger partial charge in [0.1, 0.15) is 5.01 Å². The third-order valence-electron chi connectivity index (χ3n) is 2.02. The van der Waals surface area contributed by atoms with Crippen LogP contribution < -0.4 is 5.73 Å². The largest absolute Gasteiger partial charge is 0.330 e. The first-order chi connectivity index (χ1) is 7.29. The number of nitrogens with two attached hydrogens (primary N) is 1. The Hall–Kier alpha value is -0.710. The van der Waals surface area contributed by atoms with Gasteiger partial charge in [0.2, 0.25) is 0 Å². The zero-order chi connectivity index (χ0) is 10.7. The molecular formula is C11H11BrN2S. The van der Waals surface area contributed by atoms with E-state index in [0.717, 1.165) is 27.2 Å². The van der Waals surface area contributed by atoms with Crippen molar-refractivity contribution in [3.63, 3.8) is 0 Å². The van der Waals surface area contributed by atoms with Crippen molar-refractivity contribution in [1.82, 2.24) is 4.98 Å². The van der Waals surface area contributed by atoms with Gasteiger partial charge in [0.15, 0.2) is 0 Å². The van der Waals surface area contributed by atoms with Crippen LogP contribution in [0.5, 0.6) is 0 Å². The van der Waals surface area contributed by atoms with Gasteiger partial charge in [-0.1, -0.05) is 28.1 Å². The monoisotopic (exact) mass is 282 g/mol. The fraction of sp³-hybridized carbons (Fsp3) is 0.182. The standard InChI is InChI=1S/C11H11BrN2S/c12-9-3-1-2-8(6-9)11-14-10(4-5-13)7-15-11/h1-3,6-7H,4-5,13H2. The van der Waals surface area contributed by atoms with Crippen molar-refractivity contribution in [2.24, 2.45) is 5.73 Å². The molecule has 0 aliphatic rings. The highest BCUT2D eigenvalue weighted by molar-refractivity contribution is 9.10. The third-order valence-corrected chi connectivity index (χ3v) is 3.46. The van der Waals surface area contributed by atoms with Crippen LogP contribution in [0.15, 0.2) is 34.1 Å². The van der Waals surface area contributed by atoms with E-state index in [4.69, 9.17) is 5.73 Å². The molecule has 2 rings (SSSR count). The number of hydrogen-bond acceptors (Lipinski definition) is 3. The van der Waals surface area contributed by atoms with Crippen molar-refractivity contribution < 1.29 is 0 Å². The topological polar surface area (TPSA) is 38.9 Å². The summed E-state index contributed by atoms with van der Waals surface area (Å²) in [4.78, 5) is 4.53. The normalized spacial score (nSPS) is 10.5. The smallest absolute Gasteiger partial charge is 0.123 e. The second kappa shape index (κ2) is 4.88. The van der Waals surface area contributed by atoms with Crippen LogP contribution in [0.1, 0.15) is 5.69 Å². The molecule has 78 valence electrons. The van der Waals surface area contributed by atoms with Gasteiger partial charge in [0, 0.05) is 21.8 Å². The molecule has 0 amide bonds. The lowest BCUT2D eigenvalue weighted by Gasteiger charge is -1.96. The summed E-state index contributed by atoms with van der Waals surface area (Å²) in [5.74, 6) is 0. The van der Waals surface area contributed by atoms with Crippen LogP contribution in [0.25, 0.3) is 10.6 Å². The molecule has 1 aromatic carbocycles. The van der Waals surface area contributed by atoms with E-state index in [0.29, 0.717) is 6.54 Å². The Bertz CT molecular complexity index is 453. The Morgan fingerprint density at radius 3 is 3.00 bits per heavy atom. The Morgan fingerprint density at radius 2 is 2.27 bits per heavy atom. The van der Waals surface area contributed by atoms with Gasteiger partial charge in [-0.25, -0.2) is 4.98 Å². The van der Waals surface area contributed by atoms with Gasteiger partial charge >= 0.3 is 0 Å². The molecule has 0 radical (unpaired) electrons. The van der Waals surface area contributed by atoms with Crippen LogP contribution in [0.4, 0.5) is 0 Å². The van der Waals surface area contributed by atoms with Crippen molar-refractivity contribution in [1.29, 1.82) is 0 Å². The highest BCUT2D eigenvalue weighted by atomic mass is 79.9. The van der Waals surface area contributed by atoms with Crippen molar-refractivity contribution in [3.8, 4) is 10.6 Å². The predicted octanol–water partition coefficient (Wildman–Crippen LogP) is 3.07. The van der Waals surface area contributed by atoms with Crippen molar-refractivity contribution in [2.45, 2.75) is 6.42 Å². The van der Waals surface area contributed by atoms with Gasteiger partial charge in [0.05, 0.1) is 5.69 Å². The molecule has 2 aromatic rings. The molecule has 4 heteroatoms. The van der Waals surface area contributed by atoms with Crippen molar-refractivity contribution in [2.75, 3.05) is 6.54 Å². The average Bonchev–Trinajstić information content (AvgIpc) is 2.67. The number of benzene rings is 1. The van der Waals surface area contributed by atoms with Crippen LogP contribution >= 0.6 is 27.3 Å². The van der Waals surface area contributed by atoms with E-state index in [9.17, 15) is 0 Å². The van der Waals surface area contributed by atoms with Crippen molar-refractivity contribution in [3.05, 3.63) is 39.8 Å². The minimum atomic E-state index is 0.654. The zero-order valence-corrected chi connectivity index (χ0v) is 10.5. The molecule has 0 bridgehead atoms. The lowest BCUT2D eigenvalue weighted by atomic mass is 10.2. The summed E-state index contributed by atoms with van der Waals surface area (Å²) in [6, 6.07) is 8.17. The van der Waals surface area contributed by atoms with E-state index in [2.05, 4.69) is 38.4 Å². The Morgan fingerprint density at radius 1 is 1.40 bits per heavy atom. The highest BCUT2D eigenvalue weighted by Crippen LogP contribution is 2.26. The van der Waals surface area contributed by atoms with Crippen LogP contribution in [-0.4, -0.2) is 11.5 Å². The SMILES string of the molecule is NCCc1csc(-c2cccc(Br)c2)n1. The maximum Gasteiger partial charge on any atom is 0.123 e. The molecule has 0 saturated heterocycles. The van der Waals surface area contributed by atoms with Gasteiger partial charge < -0.3 is 5.73 Å². The third kappa shape index (κ3) is 2.65. The summed E-state index contributed by atoms with van der Waals surface area (Å²) < 4.78 is 1.08. The first-order valence-electron chi connectivity index (χ1n) is 4.70. The minimum absolute atomic E-state index is 0.654. The molecule has 2 nitrogen and oxygen atoms in total. The first kappa shape index (κ1) is 10.8. The number of nitrogens with zero attached hydrogens (tertiary/aromatic N) is 1. The van der Waals surface area contributed by atoms with Crippen LogP contribution in [0, 0.1) is 0 Å². The van der Waals surface area contributed by atoms with Crippen LogP contribution in [0.3, 0.4) is 0 Å². The molecule has 0 fully saturated rings. The second-order valence-electron chi connectivity index (χ2n) is 3.19. The number of thiazole rings is 1. The predicted molar refractivity (Wildman–Crippen MR) is 68.0 cm³/mol. The molecule has 0 atom stereocenters. The summed E-state index contributed by atoms with van der Waals surface area (Å²) in [5, 5.41) is 3.13. The van der Waals surface area contributed by atoms with E-state index in [1.54, 1.807) is 11.3 Å². The highest BCUT2D eigenvalue weighted by Gasteiger charge is 2.04. The Kier molecular flexibility index (Phi) is 3.51. The lowest BCUT2D eigenvalue weighted by molar-refractivity contribution is 0.936. The number of aromatic nitrogens is 1. The van der Waals surface area contributed by atoms with Gasteiger partial charge in [0.25, 0.3) is 0 Å². The molecule has 2 N–H and O–H groups in total. The van der Waals surface area contributed by atoms with Gasteiger partial charge in [-0.05, 0) is 18.7 Å². The number of rotatable bonds is 3. The Labute approximate surface area is 101 Å². The molecule has 15 heavy (non-hydrogen) atoms. The summed E-state index contributed by atoms with van der Waals surface area (Å²) in [6.45, 7) is 0.654. The maximum absolute atomic E-state index is 5.49. The molecule has 0 aliphatic heterocycles. The maximum atomic E-state index is 5.49. The summed E-state index contributed by atoms with van der Waals surface area (Å²) in [6.07, 6.45) is 0.852. The number of hydrogen-bond donors (Lipinski definition) is 1. The van der Waals surface area contributed by atoms with E-state index in [1.165, 1.54) is 0 Å². The fourth-order valence-corrected chi connectivity index (χ4v) is 2.57. The van der Waals surface area contributed by atoms with E-state index in [1.807, 2.05) is 12.1 Å². The molecule has 0 unspecified atom stereocenters. The second-order valence-corrected chi connectivity index (χ2v) is 4.97. The lowest BCUT2D eigenvalue weighted by Crippen LogP contribution is -2.02. The van der Waals surface area contributed by atoms with Gasteiger partial charge in [-0.3, -0.25) is 0 Å². The molecule has 0 spiro atoms. The van der Waals surface area contributed by atoms with Crippen LogP contribution in [-0.2, 0) is 6.42 Å². The van der Waals surface area contributed by atoms with Crippen molar-refractivity contribution >= 4 is 27.3 Å². The summed E-state index contributed by atoms with van der Waals surface area (Å²) >= 11 is 5.12. The first-order valence-corrected chi connectivity index (χ1v) is 6.37. The molecule has 1 aromatic heterocycles. The number of halogens is 1. The van der Waals surface area contributed by atoms with E-state index < -0.39 is 0 Å². The molecular weight excluding hydrogens is 272 g/mol. The van der Waals surface area contributed by atoms with Crippen LogP contribution in [0.2, 0.25) is 0 Å². The molecule has 0 saturated carbocycles. The van der Waals surface area contributed by atoms with Gasteiger partial charge in [-0.2, -0.15) is 0 Å². The molecule has 0 aliphatic carbocycles. The van der Waals surface area contributed by atoms with Gasteiger partial charge in [-0.15, -0.1) is 11.3 Å². The molecule has 1 heterocycles. The zero-order valence-electron chi connectivity index (χ0n) is 8.11. The summed E-state index contributed by atoms with van der Waals surface area (Å²) in [5.41, 5.74) is 7.72. The van der Waals surface area contributed by atoms with E-state index >= 15 is 0 Å². The van der Waals surface area contributed by atoms with E-state index in [-0.39, 0.29) is 0 Å². The Balaban J connectivity index is 2.29. The summed E-state index contributed by atoms with van der Waals surface area (Å²) in [7, 11) is 0. The fourth-order valence-electron chi connectivity index (χ4n) is 1.32. The average molecular weight is 283 g/mol.